The van der Waals surface area contributed by atoms with Crippen LogP contribution in [0.25, 0.3) is 0 Å². The highest BCUT2D eigenvalue weighted by atomic mass is 79.9. The lowest BCUT2D eigenvalue weighted by Crippen LogP contribution is -2.20. The number of nitrogens with one attached hydrogen (secondary N) is 2. The lowest BCUT2D eigenvalue weighted by Gasteiger charge is -2.15. The smallest absolute Gasteiger partial charge is 0.262 e. The number of methoxy groups -OCH3 is 1. The molecule has 2 N–H and O–H groups in total. The fourth-order valence-corrected chi connectivity index (χ4v) is 4.11. The Kier molecular flexibility index (Phi) is 8.54. The van der Waals surface area contributed by atoms with Crippen LogP contribution in [0.2, 0.25) is 15.1 Å². The summed E-state index contributed by atoms with van der Waals surface area (Å²) in [5, 5.41) is 7.70. The van der Waals surface area contributed by atoms with Crippen LogP contribution in [-0.4, -0.2) is 19.6 Å². The van der Waals surface area contributed by atoms with Crippen molar-refractivity contribution in [2.75, 3.05) is 24.4 Å². The maximum Gasteiger partial charge on any atom is 0.262 e. The maximum absolute atomic E-state index is 12.3. The number of anilines is 2. The second kappa shape index (κ2) is 11.1. The van der Waals surface area contributed by atoms with E-state index in [1.807, 2.05) is 31.2 Å². The second-order valence-corrected chi connectivity index (χ2v) is 8.99. The molecule has 0 atom stereocenters. The van der Waals surface area contributed by atoms with Gasteiger partial charge in [0.1, 0.15) is 0 Å². The standard InChI is InChI=1S/C23H20BrCl3N2O3/c1-13-3-5-16(10-18(13)26)29-22(30)12-32-23-17(24)7-14(8-21(23)31-2)11-28-20-6-4-15(25)9-19(20)27/h3-10,28H,11-12H2,1-2H3,(H,29,30). The summed E-state index contributed by atoms with van der Waals surface area (Å²) in [6.45, 7) is 2.19. The normalized spacial score (nSPS) is 10.6. The van der Waals surface area contributed by atoms with Gasteiger partial charge in [0, 0.05) is 22.3 Å². The number of hydrogen-bond donors (Lipinski definition) is 2. The van der Waals surface area contributed by atoms with Crippen molar-refractivity contribution in [3.63, 3.8) is 0 Å². The Morgan fingerprint density at radius 2 is 1.81 bits per heavy atom. The average Bonchev–Trinajstić information content (AvgIpc) is 2.74. The molecule has 0 aromatic heterocycles. The first-order valence-corrected chi connectivity index (χ1v) is 11.4. The summed E-state index contributed by atoms with van der Waals surface area (Å²) in [5.41, 5.74) is 3.22. The van der Waals surface area contributed by atoms with Crippen molar-refractivity contribution in [2.45, 2.75) is 13.5 Å². The molecule has 9 heteroatoms. The van der Waals surface area contributed by atoms with E-state index in [1.165, 1.54) is 7.11 Å². The van der Waals surface area contributed by atoms with Gasteiger partial charge in [-0.05, 0) is 76.4 Å². The highest BCUT2D eigenvalue weighted by Gasteiger charge is 2.14. The maximum atomic E-state index is 12.3. The Morgan fingerprint density at radius 1 is 1.03 bits per heavy atom. The molecule has 0 saturated carbocycles. The van der Waals surface area contributed by atoms with Crippen molar-refractivity contribution in [1.29, 1.82) is 0 Å². The Bertz CT molecular complexity index is 1140. The van der Waals surface area contributed by atoms with Crippen molar-refractivity contribution in [3.05, 3.63) is 79.2 Å². The van der Waals surface area contributed by atoms with Crippen LogP contribution in [0.15, 0.2) is 53.0 Å². The van der Waals surface area contributed by atoms with Crippen LogP contribution < -0.4 is 20.1 Å². The van der Waals surface area contributed by atoms with Crippen LogP contribution in [0.4, 0.5) is 11.4 Å². The molecule has 0 unspecified atom stereocenters. The molecule has 3 rings (SSSR count). The first-order valence-electron chi connectivity index (χ1n) is 9.51. The number of carbonyl (C=O) groups is 1. The molecule has 0 saturated heterocycles. The van der Waals surface area contributed by atoms with E-state index in [9.17, 15) is 4.79 Å². The first kappa shape index (κ1) is 24.5. The Labute approximate surface area is 210 Å². The number of benzene rings is 3. The molecule has 0 heterocycles. The lowest BCUT2D eigenvalue weighted by molar-refractivity contribution is -0.118. The molecule has 0 spiro atoms. The Balaban J connectivity index is 1.65. The number of ether oxygens (including phenoxy) is 2. The van der Waals surface area contributed by atoms with Gasteiger partial charge in [0.15, 0.2) is 18.1 Å². The molecule has 3 aromatic rings. The van der Waals surface area contributed by atoms with E-state index in [4.69, 9.17) is 44.3 Å². The van der Waals surface area contributed by atoms with Gasteiger partial charge >= 0.3 is 0 Å². The summed E-state index contributed by atoms with van der Waals surface area (Å²) in [7, 11) is 1.54. The van der Waals surface area contributed by atoms with Gasteiger partial charge in [0.2, 0.25) is 0 Å². The summed E-state index contributed by atoms with van der Waals surface area (Å²) >= 11 is 21.7. The van der Waals surface area contributed by atoms with Crippen LogP contribution in [0.5, 0.6) is 11.5 Å². The molecular formula is C23H20BrCl3N2O3. The van der Waals surface area contributed by atoms with Gasteiger partial charge in [-0.25, -0.2) is 0 Å². The molecule has 0 aliphatic heterocycles. The Morgan fingerprint density at radius 3 is 2.50 bits per heavy atom. The topological polar surface area (TPSA) is 59.6 Å². The predicted molar refractivity (Wildman–Crippen MR) is 135 cm³/mol. The van der Waals surface area contributed by atoms with Crippen LogP contribution >= 0.6 is 50.7 Å². The number of carbonyl (C=O) groups excluding carboxylic acids is 1. The molecule has 0 bridgehead atoms. The second-order valence-electron chi connectivity index (χ2n) is 6.89. The minimum atomic E-state index is -0.318. The van der Waals surface area contributed by atoms with Gasteiger partial charge in [-0.3, -0.25) is 4.79 Å². The van der Waals surface area contributed by atoms with Gasteiger partial charge in [0.25, 0.3) is 5.91 Å². The van der Waals surface area contributed by atoms with E-state index in [1.54, 1.807) is 24.3 Å². The van der Waals surface area contributed by atoms with Gasteiger partial charge < -0.3 is 20.1 Å². The third kappa shape index (κ3) is 6.45. The fourth-order valence-electron chi connectivity index (χ4n) is 2.85. The highest BCUT2D eigenvalue weighted by Crippen LogP contribution is 2.37. The molecule has 0 radical (unpaired) electrons. The van der Waals surface area contributed by atoms with Crippen molar-refractivity contribution < 1.29 is 14.3 Å². The van der Waals surface area contributed by atoms with E-state index in [0.29, 0.717) is 43.3 Å². The average molecular weight is 559 g/mol. The zero-order valence-corrected chi connectivity index (χ0v) is 21.1. The number of amides is 1. The predicted octanol–water partition coefficient (Wildman–Crippen LogP) is 7.36. The summed E-state index contributed by atoms with van der Waals surface area (Å²) in [5.74, 6) is 0.601. The van der Waals surface area contributed by atoms with Gasteiger partial charge in [-0.1, -0.05) is 40.9 Å². The summed E-state index contributed by atoms with van der Waals surface area (Å²) < 4.78 is 11.8. The molecular weight excluding hydrogens is 539 g/mol. The minimum Gasteiger partial charge on any atom is -0.493 e. The van der Waals surface area contributed by atoms with Crippen LogP contribution in [0.3, 0.4) is 0 Å². The monoisotopic (exact) mass is 556 g/mol. The summed E-state index contributed by atoms with van der Waals surface area (Å²) in [4.78, 5) is 12.3. The van der Waals surface area contributed by atoms with Crippen molar-refractivity contribution >= 4 is 68.0 Å². The van der Waals surface area contributed by atoms with Gasteiger partial charge in [0.05, 0.1) is 22.3 Å². The summed E-state index contributed by atoms with van der Waals surface area (Å²) in [6, 6.07) is 14.3. The van der Waals surface area contributed by atoms with E-state index in [0.717, 1.165) is 16.8 Å². The van der Waals surface area contributed by atoms with E-state index in [-0.39, 0.29) is 12.5 Å². The minimum absolute atomic E-state index is 0.196. The SMILES string of the molecule is COc1cc(CNc2ccc(Cl)cc2Cl)cc(Br)c1OCC(=O)Nc1ccc(C)c(Cl)c1. The zero-order valence-electron chi connectivity index (χ0n) is 17.3. The first-order chi connectivity index (χ1) is 15.3. The summed E-state index contributed by atoms with van der Waals surface area (Å²) in [6.07, 6.45) is 0. The molecule has 168 valence electrons. The van der Waals surface area contributed by atoms with Crippen molar-refractivity contribution in [2.24, 2.45) is 0 Å². The third-order valence-corrected chi connectivity index (χ3v) is 6.05. The zero-order chi connectivity index (χ0) is 23.3. The Hall–Kier alpha value is -2.12. The van der Waals surface area contributed by atoms with Crippen LogP contribution in [0, 0.1) is 6.92 Å². The molecule has 0 aliphatic rings. The molecule has 3 aromatic carbocycles. The molecule has 1 amide bonds. The van der Waals surface area contributed by atoms with Gasteiger partial charge in [-0.2, -0.15) is 0 Å². The third-order valence-electron chi connectivity index (χ3n) is 4.51. The molecule has 0 fully saturated rings. The molecule has 5 nitrogen and oxygen atoms in total. The number of aryl methyl sites for hydroxylation is 1. The quantitative estimate of drug-likeness (QED) is 0.303. The molecule has 0 aliphatic carbocycles. The van der Waals surface area contributed by atoms with E-state index in [2.05, 4.69) is 26.6 Å². The highest BCUT2D eigenvalue weighted by molar-refractivity contribution is 9.10. The van der Waals surface area contributed by atoms with Crippen LogP contribution in [0.1, 0.15) is 11.1 Å². The number of hydrogen-bond acceptors (Lipinski definition) is 4. The lowest BCUT2D eigenvalue weighted by atomic mass is 10.2. The van der Waals surface area contributed by atoms with Crippen molar-refractivity contribution in [3.8, 4) is 11.5 Å². The number of rotatable bonds is 8. The van der Waals surface area contributed by atoms with Crippen molar-refractivity contribution in [1.82, 2.24) is 0 Å². The van der Waals surface area contributed by atoms with Gasteiger partial charge in [-0.15, -0.1) is 0 Å². The van der Waals surface area contributed by atoms with E-state index >= 15 is 0 Å². The molecule has 32 heavy (non-hydrogen) atoms. The largest absolute Gasteiger partial charge is 0.493 e. The fraction of sp³-hybridized carbons (Fsp3) is 0.174. The number of halogens is 4. The van der Waals surface area contributed by atoms with Crippen LogP contribution in [-0.2, 0) is 11.3 Å². The van der Waals surface area contributed by atoms with E-state index < -0.39 is 0 Å².